The predicted molar refractivity (Wildman–Crippen MR) is 88.9 cm³/mol. The van der Waals surface area contributed by atoms with Crippen molar-refractivity contribution >= 4 is 23.3 Å². The SMILES string of the molecule is Cc1ccc(CNC(=O)N[C@H](C)C(=O)N2CCCC[C@@H]2C)s1. The first kappa shape index (κ1) is 16.8. The van der Waals surface area contributed by atoms with Gasteiger partial charge in [-0.15, -0.1) is 11.3 Å². The summed E-state index contributed by atoms with van der Waals surface area (Å²) in [5, 5.41) is 5.54. The van der Waals surface area contributed by atoms with Gasteiger partial charge in [-0.3, -0.25) is 4.79 Å². The average molecular weight is 323 g/mol. The van der Waals surface area contributed by atoms with Gasteiger partial charge in [-0.2, -0.15) is 0 Å². The summed E-state index contributed by atoms with van der Waals surface area (Å²) in [5.41, 5.74) is 0. The van der Waals surface area contributed by atoms with Crippen LogP contribution in [0.3, 0.4) is 0 Å². The van der Waals surface area contributed by atoms with Crippen molar-refractivity contribution in [2.24, 2.45) is 0 Å². The zero-order chi connectivity index (χ0) is 16.1. The molecular formula is C16H25N3O2S. The Hall–Kier alpha value is -1.56. The lowest BCUT2D eigenvalue weighted by Crippen LogP contribution is -2.53. The van der Waals surface area contributed by atoms with Crippen LogP contribution in [0.15, 0.2) is 12.1 Å². The highest BCUT2D eigenvalue weighted by Gasteiger charge is 2.27. The van der Waals surface area contributed by atoms with Crippen molar-refractivity contribution in [3.05, 3.63) is 21.9 Å². The lowest BCUT2D eigenvalue weighted by molar-refractivity contribution is -0.136. The fourth-order valence-electron chi connectivity index (χ4n) is 2.73. The van der Waals surface area contributed by atoms with Crippen LogP contribution in [0.1, 0.15) is 42.9 Å². The third-order valence-corrected chi connectivity index (χ3v) is 5.02. The van der Waals surface area contributed by atoms with Crippen LogP contribution in [0, 0.1) is 6.92 Å². The van der Waals surface area contributed by atoms with Crippen LogP contribution in [0.2, 0.25) is 0 Å². The van der Waals surface area contributed by atoms with Crippen molar-refractivity contribution < 1.29 is 9.59 Å². The molecule has 1 saturated heterocycles. The van der Waals surface area contributed by atoms with Gasteiger partial charge >= 0.3 is 6.03 Å². The van der Waals surface area contributed by atoms with Gasteiger partial charge < -0.3 is 15.5 Å². The van der Waals surface area contributed by atoms with E-state index in [1.807, 2.05) is 24.0 Å². The molecule has 1 aliphatic heterocycles. The van der Waals surface area contributed by atoms with Crippen LogP contribution >= 0.6 is 11.3 Å². The molecule has 122 valence electrons. The number of hydrogen-bond donors (Lipinski definition) is 2. The maximum atomic E-state index is 12.4. The van der Waals surface area contributed by atoms with Crippen LogP contribution < -0.4 is 10.6 Å². The Morgan fingerprint density at radius 3 is 2.82 bits per heavy atom. The number of thiophene rings is 1. The van der Waals surface area contributed by atoms with Gasteiger partial charge in [0.05, 0.1) is 6.54 Å². The summed E-state index contributed by atoms with van der Waals surface area (Å²) in [6, 6.07) is 3.51. The molecular weight excluding hydrogens is 298 g/mol. The number of carbonyl (C=O) groups excluding carboxylic acids is 2. The molecule has 2 N–H and O–H groups in total. The van der Waals surface area contributed by atoms with E-state index in [0.717, 1.165) is 24.3 Å². The van der Waals surface area contributed by atoms with Crippen molar-refractivity contribution in [1.29, 1.82) is 0 Å². The number of carbonyl (C=O) groups is 2. The zero-order valence-electron chi connectivity index (χ0n) is 13.5. The molecule has 0 radical (unpaired) electrons. The summed E-state index contributed by atoms with van der Waals surface area (Å²) in [6.07, 6.45) is 3.27. The van der Waals surface area contributed by atoms with Crippen molar-refractivity contribution in [2.75, 3.05) is 6.54 Å². The smallest absolute Gasteiger partial charge is 0.315 e. The third kappa shape index (κ3) is 4.47. The Labute approximate surface area is 136 Å². The normalized spacial score (nSPS) is 19.6. The molecule has 6 heteroatoms. The van der Waals surface area contributed by atoms with Gasteiger partial charge in [0.25, 0.3) is 0 Å². The Morgan fingerprint density at radius 2 is 2.18 bits per heavy atom. The van der Waals surface area contributed by atoms with E-state index in [0.29, 0.717) is 6.54 Å². The summed E-state index contributed by atoms with van der Waals surface area (Å²) >= 11 is 1.66. The molecule has 0 unspecified atom stereocenters. The topological polar surface area (TPSA) is 61.4 Å². The molecule has 1 aliphatic rings. The largest absolute Gasteiger partial charge is 0.338 e. The summed E-state index contributed by atoms with van der Waals surface area (Å²) in [6.45, 7) is 7.14. The fraction of sp³-hybridized carbons (Fsp3) is 0.625. The monoisotopic (exact) mass is 323 g/mol. The van der Waals surface area contributed by atoms with Gasteiger partial charge in [-0.05, 0) is 52.2 Å². The lowest BCUT2D eigenvalue weighted by atomic mass is 10.0. The lowest BCUT2D eigenvalue weighted by Gasteiger charge is -2.35. The van der Waals surface area contributed by atoms with Gasteiger partial charge in [0.2, 0.25) is 5.91 Å². The highest BCUT2D eigenvalue weighted by Crippen LogP contribution is 2.17. The molecule has 1 aromatic rings. The zero-order valence-corrected chi connectivity index (χ0v) is 14.3. The summed E-state index contributed by atoms with van der Waals surface area (Å²) in [5.74, 6) is 0.00863. The van der Waals surface area contributed by atoms with Crippen molar-refractivity contribution in [2.45, 2.75) is 58.7 Å². The minimum atomic E-state index is -0.495. The Balaban J connectivity index is 1.78. The molecule has 0 bridgehead atoms. The van der Waals surface area contributed by atoms with E-state index in [2.05, 4.69) is 17.6 Å². The second-order valence-electron chi connectivity index (χ2n) is 5.94. The van der Waals surface area contributed by atoms with E-state index in [9.17, 15) is 9.59 Å². The first-order valence-corrected chi connectivity index (χ1v) is 8.69. The van der Waals surface area contributed by atoms with Gasteiger partial charge in [-0.1, -0.05) is 0 Å². The van der Waals surface area contributed by atoms with Crippen LogP contribution in [0.25, 0.3) is 0 Å². The van der Waals surface area contributed by atoms with Crippen LogP contribution in [0.4, 0.5) is 4.79 Å². The number of amides is 3. The predicted octanol–water partition coefficient (Wildman–Crippen LogP) is 2.65. The molecule has 1 aromatic heterocycles. The average Bonchev–Trinajstić information content (AvgIpc) is 2.90. The van der Waals surface area contributed by atoms with Gasteiger partial charge in [0.1, 0.15) is 6.04 Å². The molecule has 2 rings (SSSR count). The van der Waals surface area contributed by atoms with E-state index >= 15 is 0 Å². The molecule has 2 heterocycles. The van der Waals surface area contributed by atoms with Gasteiger partial charge in [-0.25, -0.2) is 4.79 Å². The molecule has 1 fully saturated rings. The highest BCUT2D eigenvalue weighted by atomic mass is 32.1. The van der Waals surface area contributed by atoms with Crippen LogP contribution in [0.5, 0.6) is 0 Å². The second kappa shape index (κ2) is 7.63. The molecule has 22 heavy (non-hydrogen) atoms. The first-order valence-electron chi connectivity index (χ1n) is 7.87. The Bertz CT molecular complexity index is 529. The fourth-order valence-corrected chi connectivity index (χ4v) is 3.56. The number of nitrogens with zero attached hydrogens (tertiary/aromatic N) is 1. The Kier molecular flexibility index (Phi) is 5.83. The summed E-state index contributed by atoms with van der Waals surface area (Å²) in [4.78, 5) is 28.5. The second-order valence-corrected chi connectivity index (χ2v) is 7.31. The van der Waals surface area contributed by atoms with Crippen molar-refractivity contribution in [3.63, 3.8) is 0 Å². The molecule has 0 aromatic carbocycles. The number of likely N-dealkylation sites (tertiary alicyclic amines) is 1. The number of hydrogen-bond acceptors (Lipinski definition) is 3. The molecule has 2 atom stereocenters. The minimum Gasteiger partial charge on any atom is -0.338 e. The first-order chi connectivity index (χ1) is 10.5. The van der Waals surface area contributed by atoms with E-state index < -0.39 is 6.04 Å². The highest BCUT2D eigenvalue weighted by molar-refractivity contribution is 7.11. The van der Waals surface area contributed by atoms with Crippen LogP contribution in [-0.4, -0.2) is 35.5 Å². The van der Waals surface area contributed by atoms with E-state index in [1.54, 1.807) is 18.3 Å². The van der Waals surface area contributed by atoms with E-state index in [1.165, 1.54) is 11.3 Å². The number of urea groups is 1. The number of rotatable bonds is 4. The van der Waals surface area contributed by atoms with Gasteiger partial charge in [0, 0.05) is 22.3 Å². The van der Waals surface area contributed by atoms with Crippen molar-refractivity contribution in [3.8, 4) is 0 Å². The van der Waals surface area contributed by atoms with Crippen LogP contribution in [-0.2, 0) is 11.3 Å². The Morgan fingerprint density at radius 1 is 1.41 bits per heavy atom. The maximum Gasteiger partial charge on any atom is 0.315 e. The van der Waals surface area contributed by atoms with Crippen molar-refractivity contribution in [1.82, 2.24) is 15.5 Å². The van der Waals surface area contributed by atoms with Gasteiger partial charge in [0.15, 0.2) is 0 Å². The minimum absolute atomic E-state index is 0.00863. The number of nitrogens with one attached hydrogen (secondary N) is 2. The summed E-state index contributed by atoms with van der Waals surface area (Å²) < 4.78 is 0. The number of piperidine rings is 1. The quantitative estimate of drug-likeness (QED) is 0.895. The molecule has 3 amide bonds. The summed E-state index contributed by atoms with van der Waals surface area (Å²) in [7, 11) is 0. The van der Waals surface area contributed by atoms with E-state index in [4.69, 9.17) is 0 Å². The van der Waals surface area contributed by atoms with E-state index in [-0.39, 0.29) is 18.0 Å². The molecule has 0 aliphatic carbocycles. The molecule has 0 saturated carbocycles. The standard InChI is InChI=1S/C16H25N3O2S/c1-11-6-4-5-9-19(11)15(20)13(3)18-16(21)17-10-14-8-7-12(2)22-14/h7-8,11,13H,4-6,9-10H2,1-3H3,(H2,17,18,21)/t11-,13+/m0/s1. The number of aryl methyl sites for hydroxylation is 1. The molecule has 0 spiro atoms. The molecule has 5 nitrogen and oxygen atoms in total. The maximum absolute atomic E-state index is 12.4. The third-order valence-electron chi connectivity index (χ3n) is 4.02.